The first-order chi connectivity index (χ1) is 8.90. The van der Waals surface area contributed by atoms with E-state index in [-0.39, 0.29) is 17.0 Å². The van der Waals surface area contributed by atoms with Crippen LogP contribution in [0.2, 0.25) is 0 Å². The first-order valence-electron chi connectivity index (χ1n) is 6.83. The van der Waals surface area contributed by atoms with Gasteiger partial charge in [0.05, 0.1) is 10.9 Å². The number of hydrogen-bond donors (Lipinski definition) is 1. The van der Waals surface area contributed by atoms with E-state index in [1.807, 2.05) is 13.8 Å². The minimum absolute atomic E-state index is 0.0793. The van der Waals surface area contributed by atoms with Crippen molar-refractivity contribution in [1.82, 2.24) is 4.98 Å². The molecule has 4 nitrogen and oxygen atoms in total. The molecule has 1 fully saturated rings. The molecule has 2 N–H and O–H groups in total. The Balaban J connectivity index is 2.13. The third-order valence-electron chi connectivity index (χ3n) is 3.68. The van der Waals surface area contributed by atoms with Crippen molar-refractivity contribution in [3.63, 3.8) is 0 Å². The fourth-order valence-electron chi connectivity index (χ4n) is 2.66. The van der Waals surface area contributed by atoms with Crippen LogP contribution in [-0.4, -0.2) is 18.7 Å². The van der Waals surface area contributed by atoms with Gasteiger partial charge >= 0.3 is 0 Å². The molecular weight excluding hydrogens is 280 g/mol. The molecule has 0 spiro atoms. The molecular formula is C13H22N2O2S2. The number of nitrogens with two attached hydrogens (primary N) is 1. The number of rotatable bonds is 4. The highest BCUT2D eigenvalue weighted by molar-refractivity contribution is 7.91. The van der Waals surface area contributed by atoms with Gasteiger partial charge in [-0.3, -0.25) is 0 Å². The van der Waals surface area contributed by atoms with Crippen molar-refractivity contribution < 1.29 is 8.42 Å². The van der Waals surface area contributed by atoms with E-state index in [1.54, 1.807) is 0 Å². The third-order valence-corrected chi connectivity index (χ3v) is 7.38. The number of hydrogen-bond acceptors (Lipinski definition) is 5. The minimum Gasteiger partial charge on any atom is -0.323 e. The maximum atomic E-state index is 12.4. The number of nitrogens with zero attached hydrogens (tertiary/aromatic N) is 1. The summed E-state index contributed by atoms with van der Waals surface area (Å²) in [6.07, 6.45) is 4.86. The zero-order valence-corrected chi connectivity index (χ0v) is 13.2. The predicted octanol–water partition coefficient (Wildman–Crippen LogP) is 2.72. The average molecular weight is 302 g/mol. The van der Waals surface area contributed by atoms with Crippen LogP contribution >= 0.6 is 11.3 Å². The Bertz CT molecular complexity index is 529. The van der Waals surface area contributed by atoms with Gasteiger partial charge in [0.25, 0.3) is 0 Å². The highest BCUT2D eigenvalue weighted by Gasteiger charge is 2.28. The summed E-state index contributed by atoms with van der Waals surface area (Å²) < 4.78 is 24.8. The lowest BCUT2D eigenvalue weighted by Crippen LogP contribution is -2.25. The van der Waals surface area contributed by atoms with Crippen LogP contribution in [0.25, 0.3) is 0 Å². The lowest BCUT2D eigenvalue weighted by Gasteiger charge is -2.21. The molecule has 1 aromatic heterocycles. The first-order valence-corrected chi connectivity index (χ1v) is 9.36. The van der Waals surface area contributed by atoms with Crippen molar-refractivity contribution in [1.29, 1.82) is 0 Å². The van der Waals surface area contributed by atoms with Crippen LogP contribution in [0.5, 0.6) is 0 Å². The van der Waals surface area contributed by atoms with E-state index in [0.29, 0.717) is 5.01 Å². The summed E-state index contributed by atoms with van der Waals surface area (Å²) in [6.45, 7) is 3.80. The fourth-order valence-corrected chi connectivity index (χ4v) is 5.90. The largest absolute Gasteiger partial charge is 0.323 e. The van der Waals surface area contributed by atoms with Crippen molar-refractivity contribution in [2.24, 2.45) is 5.73 Å². The quantitative estimate of drug-likeness (QED) is 0.928. The Morgan fingerprint density at radius 3 is 2.53 bits per heavy atom. The lowest BCUT2D eigenvalue weighted by atomic mass is 10.0. The first kappa shape index (κ1) is 14.9. The van der Waals surface area contributed by atoms with Gasteiger partial charge in [-0.05, 0) is 26.7 Å². The predicted molar refractivity (Wildman–Crippen MR) is 79.0 cm³/mol. The zero-order chi connectivity index (χ0) is 14.0. The SMILES string of the molecule is Cc1nc(CS(=O)(=O)C2CCCCC2)sc1C(C)N. The lowest BCUT2D eigenvalue weighted by molar-refractivity contribution is 0.483. The molecule has 1 atom stereocenters. The van der Waals surface area contributed by atoms with Crippen molar-refractivity contribution in [3.05, 3.63) is 15.6 Å². The number of sulfone groups is 1. The van der Waals surface area contributed by atoms with Crippen molar-refractivity contribution in [2.75, 3.05) is 0 Å². The van der Waals surface area contributed by atoms with Crippen molar-refractivity contribution in [2.45, 2.75) is 63.0 Å². The Kier molecular flexibility index (Phi) is 4.63. The van der Waals surface area contributed by atoms with Crippen LogP contribution in [0.4, 0.5) is 0 Å². The minimum atomic E-state index is -3.06. The Hall–Kier alpha value is -0.460. The van der Waals surface area contributed by atoms with Gasteiger partial charge in [-0.1, -0.05) is 19.3 Å². The molecule has 1 heterocycles. The van der Waals surface area contributed by atoms with E-state index < -0.39 is 9.84 Å². The molecule has 0 aromatic carbocycles. The summed E-state index contributed by atoms with van der Waals surface area (Å²) in [6, 6.07) is -0.0800. The van der Waals surface area contributed by atoms with Crippen LogP contribution < -0.4 is 5.73 Å². The maximum absolute atomic E-state index is 12.4. The molecule has 2 rings (SSSR count). The third kappa shape index (κ3) is 3.55. The average Bonchev–Trinajstić information content (AvgIpc) is 2.71. The molecule has 1 unspecified atom stereocenters. The van der Waals surface area contributed by atoms with Gasteiger partial charge in [0.15, 0.2) is 9.84 Å². The number of thiazole rings is 1. The molecule has 0 aliphatic heterocycles. The summed E-state index contributed by atoms with van der Waals surface area (Å²) in [7, 11) is -3.06. The molecule has 6 heteroatoms. The molecule has 19 heavy (non-hydrogen) atoms. The molecule has 0 amide bonds. The van der Waals surface area contributed by atoms with E-state index in [9.17, 15) is 8.42 Å². The van der Waals surface area contributed by atoms with Crippen molar-refractivity contribution >= 4 is 21.2 Å². The standard InChI is InChI=1S/C13H22N2O2S2/c1-9(14)13-10(2)15-12(18-13)8-19(16,17)11-6-4-3-5-7-11/h9,11H,3-8,14H2,1-2H3. The molecule has 1 aliphatic rings. The zero-order valence-electron chi connectivity index (χ0n) is 11.6. The van der Waals surface area contributed by atoms with Crippen LogP contribution in [0.15, 0.2) is 0 Å². The van der Waals surface area contributed by atoms with Crippen LogP contribution in [-0.2, 0) is 15.6 Å². The van der Waals surface area contributed by atoms with E-state index in [2.05, 4.69) is 4.98 Å². The molecule has 0 radical (unpaired) electrons. The summed E-state index contributed by atoms with van der Waals surface area (Å²) in [4.78, 5) is 5.37. The van der Waals surface area contributed by atoms with Crippen LogP contribution in [0, 0.1) is 6.92 Å². The van der Waals surface area contributed by atoms with Crippen molar-refractivity contribution in [3.8, 4) is 0 Å². The molecule has 1 aliphatic carbocycles. The summed E-state index contributed by atoms with van der Waals surface area (Å²) in [5, 5.41) is 0.527. The molecule has 0 saturated heterocycles. The second kappa shape index (κ2) is 5.89. The second-order valence-electron chi connectivity index (χ2n) is 5.41. The normalized spacial score (nSPS) is 19.5. The van der Waals surface area contributed by atoms with Gasteiger partial charge in [0.1, 0.15) is 10.8 Å². The van der Waals surface area contributed by atoms with Crippen LogP contribution in [0.1, 0.15) is 60.6 Å². The summed E-state index contributed by atoms with van der Waals surface area (Å²) in [5.41, 5.74) is 6.72. The topological polar surface area (TPSA) is 73.0 Å². The fraction of sp³-hybridized carbons (Fsp3) is 0.769. The Morgan fingerprint density at radius 2 is 2.00 bits per heavy atom. The van der Waals surface area contributed by atoms with Gasteiger partial charge in [-0.2, -0.15) is 0 Å². The summed E-state index contributed by atoms with van der Waals surface area (Å²) in [5.74, 6) is 0.0793. The smallest absolute Gasteiger partial charge is 0.159 e. The van der Waals surface area contributed by atoms with Gasteiger partial charge in [-0.25, -0.2) is 13.4 Å². The van der Waals surface area contributed by atoms with Crippen LogP contribution in [0.3, 0.4) is 0 Å². The van der Waals surface area contributed by atoms with Gasteiger partial charge in [0, 0.05) is 10.9 Å². The second-order valence-corrected chi connectivity index (χ2v) is 8.81. The monoisotopic (exact) mass is 302 g/mol. The van der Waals surface area contributed by atoms with Gasteiger partial charge < -0.3 is 5.73 Å². The number of aryl methyl sites for hydroxylation is 1. The van der Waals surface area contributed by atoms with Gasteiger partial charge in [0.2, 0.25) is 0 Å². The Morgan fingerprint density at radius 1 is 1.37 bits per heavy atom. The number of aromatic nitrogens is 1. The van der Waals surface area contributed by atoms with E-state index in [4.69, 9.17) is 5.73 Å². The maximum Gasteiger partial charge on any atom is 0.159 e. The Labute approximate surface area is 119 Å². The highest BCUT2D eigenvalue weighted by atomic mass is 32.2. The van der Waals surface area contributed by atoms with Gasteiger partial charge in [-0.15, -0.1) is 11.3 Å². The molecule has 108 valence electrons. The molecule has 1 aromatic rings. The highest BCUT2D eigenvalue weighted by Crippen LogP contribution is 2.29. The molecule has 0 bridgehead atoms. The van der Waals surface area contributed by atoms with E-state index in [0.717, 1.165) is 42.7 Å². The van der Waals surface area contributed by atoms with E-state index >= 15 is 0 Å². The summed E-state index contributed by atoms with van der Waals surface area (Å²) >= 11 is 1.44. The van der Waals surface area contributed by atoms with E-state index in [1.165, 1.54) is 11.3 Å². The molecule has 1 saturated carbocycles.